The summed E-state index contributed by atoms with van der Waals surface area (Å²) in [4.78, 5) is 85.6. The molecular formula is C32H43N3O10. The normalized spacial score (nSPS) is 14.2. The van der Waals surface area contributed by atoms with E-state index in [-0.39, 0.29) is 63.1 Å². The van der Waals surface area contributed by atoms with Crippen molar-refractivity contribution in [3.05, 3.63) is 48.0 Å². The first-order valence-electron chi connectivity index (χ1n) is 14.9. The molecule has 0 unspecified atom stereocenters. The number of aliphatic carboxylic acids is 1. The molecule has 2 atom stereocenters. The quantitative estimate of drug-likeness (QED) is 0.109. The predicted molar refractivity (Wildman–Crippen MR) is 161 cm³/mol. The molecule has 1 heterocycles. The SMILES string of the molecule is CC(C)(C)OC(=O)C[C@@H](COCC(=O)NCC(=O)C[C@@H](Cc1ccccc1)C(=O)O)NC(=O)CCCCCN1C(=O)C=CC1=O. The van der Waals surface area contributed by atoms with Crippen LogP contribution in [0.25, 0.3) is 0 Å². The fraction of sp³-hybridized carbons (Fsp3) is 0.531. The third kappa shape index (κ3) is 15.3. The van der Waals surface area contributed by atoms with Gasteiger partial charge < -0.3 is 25.2 Å². The number of rotatable bonds is 20. The highest BCUT2D eigenvalue weighted by molar-refractivity contribution is 6.12. The van der Waals surface area contributed by atoms with Crippen molar-refractivity contribution in [1.29, 1.82) is 0 Å². The van der Waals surface area contributed by atoms with Gasteiger partial charge in [-0.1, -0.05) is 36.8 Å². The van der Waals surface area contributed by atoms with Crippen molar-refractivity contribution in [3.8, 4) is 0 Å². The number of carbonyl (C=O) groups excluding carboxylic acids is 6. The summed E-state index contributed by atoms with van der Waals surface area (Å²) in [6, 6.07) is 8.14. The Morgan fingerprint density at radius 1 is 0.911 bits per heavy atom. The fourth-order valence-electron chi connectivity index (χ4n) is 4.45. The molecule has 2 rings (SSSR count). The van der Waals surface area contributed by atoms with Gasteiger partial charge >= 0.3 is 11.9 Å². The summed E-state index contributed by atoms with van der Waals surface area (Å²) in [5.74, 6) is -4.72. The number of nitrogens with zero attached hydrogens (tertiary/aromatic N) is 1. The van der Waals surface area contributed by atoms with Gasteiger partial charge in [0.2, 0.25) is 11.8 Å². The Labute approximate surface area is 262 Å². The molecule has 0 spiro atoms. The van der Waals surface area contributed by atoms with Crippen LogP contribution in [-0.4, -0.2) is 89.3 Å². The standard InChI is InChI=1S/C32H43N3O10/c1-32(2,3)45-30(41)18-24(34-26(37)12-8-5-9-15-35-28(39)13-14-29(35)40)20-44-21-27(38)33-19-25(36)17-23(31(42)43)16-22-10-6-4-7-11-22/h4,6-7,10-11,13-14,23-24H,5,8-9,12,15-21H2,1-3H3,(H,33,38)(H,34,37)(H,42,43)/t23-,24+/m1/s1. The summed E-state index contributed by atoms with van der Waals surface area (Å²) in [5, 5.41) is 14.6. The van der Waals surface area contributed by atoms with Crippen molar-refractivity contribution in [2.45, 2.75) is 77.4 Å². The summed E-state index contributed by atoms with van der Waals surface area (Å²) in [5.41, 5.74) is 0.0432. The Balaban J connectivity index is 1.76. The van der Waals surface area contributed by atoms with E-state index in [0.717, 1.165) is 10.5 Å². The number of carbonyl (C=O) groups is 7. The van der Waals surface area contributed by atoms with E-state index in [9.17, 15) is 38.7 Å². The molecule has 0 saturated carbocycles. The van der Waals surface area contributed by atoms with Crippen LogP contribution >= 0.6 is 0 Å². The second kappa shape index (κ2) is 18.4. The van der Waals surface area contributed by atoms with E-state index in [0.29, 0.717) is 19.3 Å². The minimum Gasteiger partial charge on any atom is -0.481 e. The molecule has 4 amide bonds. The highest BCUT2D eigenvalue weighted by Gasteiger charge is 2.25. The van der Waals surface area contributed by atoms with Crippen LogP contribution in [0.2, 0.25) is 0 Å². The number of imide groups is 1. The van der Waals surface area contributed by atoms with Crippen molar-refractivity contribution >= 4 is 41.4 Å². The molecule has 0 aromatic heterocycles. The highest BCUT2D eigenvalue weighted by Crippen LogP contribution is 2.14. The summed E-state index contributed by atoms with van der Waals surface area (Å²) in [7, 11) is 0. The van der Waals surface area contributed by atoms with Gasteiger partial charge in [-0.05, 0) is 45.6 Å². The van der Waals surface area contributed by atoms with Crippen LogP contribution in [0.5, 0.6) is 0 Å². The number of ether oxygens (including phenoxy) is 2. The molecule has 13 heteroatoms. The molecule has 45 heavy (non-hydrogen) atoms. The summed E-state index contributed by atoms with van der Waals surface area (Å²) in [6.45, 7) is 4.39. The topological polar surface area (TPSA) is 185 Å². The molecule has 0 bridgehead atoms. The molecule has 0 radical (unpaired) electrons. The molecule has 1 aliphatic rings. The number of hydrogen-bond donors (Lipinski definition) is 3. The van der Waals surface area contributed by atoms with E-state index in [2.05, 4.69) is 10.6 Å². The van der Waals surface area contributed by atoms with E-state index < -0.39 is 47.8 Å². The number of carboxylic acids is 1. The lowest BCUT2D eigenvalue weighted by molar-refractivity contribution is -0.156. The van der Waals surface area contributed by atoms with Gasteiger partial charge in [0.25, 0.3) is 11.8 Å². The molecule has 246 valence electrons. The zero-order chi connectivity index (χ0) is 33.4. The molecule has 0 fully saturated rings. The van der Waals surface area contributed by atoms with E-state index in [1.54, 1.807) is 45.0 Å². The third-order valence-corrected chi connectivity index (χ3v) is 6.57. The average molecular weight is 630 g/mol. The number of Topliss-reactive ketones (excluding diaryl/α,β-unsaturated/α-hetero) is 1. The van der Waals surface area contributed by atoms with Crippen LogP contribution in [0.15, 0.2) is 42.5 Å². The molecule has 1 aliphatic heterocycles. The zero-order valence-electron chi connectivity index (χ0n) is 26.0. The van der Waals surface area contributed by atoms with Gasteiger partial charge in [0.15, 0.2) is 5.78 Å². The first kappa shape index (κ1) is 36.8. The van der Waals surface area contributed by atoms with E-state index in [1.807, 2.05) is 6.07 Å². The van der Waals surface area contributed by atoms with Gasteiger partial charge in [0, 0.05) is 31.5 Å². The highest BCUT2D eigenvalue weighted by atomic mass is 16.6. The number of unbranched alkanes of at least 4 members (excludes halogenated alkanes) is 2. The Bertz CT molecular complexity index is 1220. The lowest BCUT2D eigenvalue weighted by atomic mass is 9.94. The molecule has 3 N–H and O–H groups in total. The van der Waals surface area contributed by atoms with Crippen LogP contribution < -0.4 is 10.6 Å². The predicted octanol–water partition coefficient (Wildman–Crippen LogP) is 1.72. The monoisotopic (exact) mass is 629 g/mol. The lowest BCUT2D eigenvalue weighted by Crippen LogP contribution is -2.42. The number of benzene rings is 1. The van der Waals surface area contributed by atoms with E-state index >= 15 is 0 Å². The van der Waals surface area contributed by atoms with Crippen molar-refractivity contribution in [3.63, 3.8) is 0 Å². The molecule has 0 saturated heterocycles. The van der Waals surface area contributed by atoms with Crippen LogP contribution in [0.1, 0.15) is 64.9 Å². The maximum Gasteiger partial charge on any atom is 0.308 e. The third-order valence-electron chi connectivity index (χ3n) is 6.57. The number of carboxylic acid groups (broad SMARTS) is 1. The minimum atomic E-state index is -1.10. The van der Waals surface area contributed by atoms with Gasteiger partial charge in [-0.25, -0.2) is 0 Å². The van der Waals surface area contributed by atoms with Gasteiger partial charge in [0.05, 0.1) is 31.5 Å². The van der Waals surface area contributed by atoms with Crippen LogP contribution in [-0.2, 0) is 49.5 Å². The molecule has 1 aromatic carbocycles. The van der Waals surface area contributed by atoms with Gasteiger partial charge in [-0.3, -0.25) is 38.5 Å². The molecular weight excluding hydrogens is 586 g/mol. The van der Waals surface area contributed by atoms with Crippen molar-refractivity contribution in [1.82, 2.24) is 15.5 Å². The van der Waals surface area contributed by atoms with Crippen molar-refractivity contribution < 1.29 is 48.1 Å². The number of hydrogen-bond acceptors (Lipinski definition) is 9. The lowest BCUT2D eigenvalue weighted by Gasteiger charge is -2.23. The molecule has 0 aliphatic carbocycles. The smallest absolute Gasteiger partial charge is 0.308 e. The first-order chi connectivity index (χ1) is 21.2. The number of esters is 1. The van der Waals surface area contributed by atoms with Crippen LogP contribution in [0, 0.1) is 5.92 Å². The maximum absolute atomic E-state index is 12.6. The Kier molecular flexibility index (Phi) is 15.1. The molecule has 1 aromatic rings. The Morgan fingerprint density at radius 3 is 2.20 bits per heavy atom. The second-order valence-corrected chi connectivity index (χ2v) is 11.8. The first-order valence-corrected chi connectivity index (χ1v) is 14.9. The minimum absolute atomic E-state index is 0.134. The van der Waals surface area contributed by atoms with Gasteiger partial charge in [-0.2, -0.15) is 0 Å². The van der Waals surface area contributed by atoms with Crippen molar-refractivity contribution in [2.24, 2.45) is 5.92 Å². The largest absolute Gasteiger partial charge is 0.481 e. The van der Waals surface area contributed by atoms with Crippen molar-refractivity contribution in [2.75, 3.05) is 26.3 Å². The van der Waals surface area contributed by atoms with Gasteiger partial charge in [0.1, 0.15) is 12.2 Å². The van der Waals surface area contributed by atoms with Crippen LogP contribution in [0.3, 0.4) is 0 Å². The second-order valence-electron chi connectivity index (χ2n) is 11.8. The Morgan fingerprint density at radius 2 is 1.58 bits per heavy atom. The zero-order valence-corrected chi connectivity index (χ0v) is 26.0. The van der Waals surface area contributed by atoms with Crippen LogP contribution in [0.4, 0.5) is 0 Å². The number of ketones is 1. The molecule has 13 nitrogen and oxygen atoms in total. The van der Waals surface area contributed by atoms with E-state index in [4.69, 9.17) is 9.47 Å². The summed E-state index contributed by atoms with van der Waals surface area (Å²) < 4.78 is 10.8. The maximum atomic E-state index is 12.6. The summed E-state index contributed by atoms with van der Waals surface area (Å²) in [6.07, 6.45) is 3.92. The fourth-order valence-corrected chi connectivity index (χ4v) is 4.45. The number of amides is 4. The summed E-state index contributed by atoms with van der Waals surface area (Å²) >= 11 is 0. The van der Waals surface area contributed by atoms with E-state index in [1.165, 1.54) is 12.2 Å². The number of nitrogens with one attached hydrogen (secondary N) is 2. The Hall–Kier alpha value is -4.39. The van der Waals surface area contributed by atoms with Gasteiger partial charge in [-0.15, -0.1) is 0 Å². The average Bonchev–Trinajstić information content (AvgIpc) is 3.27.